The standard InChI is InChI=1S/C11H14BrN3O/c1-11(2,3)10-9(12)7-15(13-10)6-8-4-5-16-14-8/h4-5,7H,6H2,1-3H3. The van der Waals surface area contributed by atoms with Gasteiger partial charge in [0.2, 0.25) is 0 Å². The first-order valence-corrected chi connectivity index (χ1v) is 5.89. The normalized spacial score (nSPS) is 12.0. The lowest BCUT2D eigenvalue weighted by molar-refractivity contribution is 0.407. The summed E-state index contributed by atoms with van der Waals surface area (Å²) in [6.45, 7) is 7.05. The SMILES string of the molecule is CC(C)(C)c1nn(Cc2ccon2)cc1Br. The fourth-order valence-electron chi connectivity index (χ4n) is 1.47. The van der Waals surface area contributed by atoms with E-state index >= 15 is 0 Å². The Morgan fingerprint density at radius 1 is 1.44 bits per heavy atom. The third-order valence-corrected chi connectivity index (χ3v) is 2.82. The van der Waals surface area contributed by atoms with Crippen molar-refractivity contribution in [2.24, 2.45) is 0 Å². The zero-order valence-corrected chi connectivity index (χ0v) is 11.2. The minimum absolute atomic E-state index is 0.0356. The number of halogens is 1. The molecule has 0 aliphatic carbocycles. The van der Waals surface area contributed by atoms with Crippen LogP contribution in [-0.4, -0.2) is 14.9 Å². The molecule has 16 heavy (non-hydrogen) atoms. The minimum atomic E-state index is 0.0356. The predicted octanol–water partition coefficient (Wildman–Crippen LogP) is 2.98. The van der Waals surface area contributed by atoms with Crippen molar-refractivity contribution in [1.82, 2.24) is 14.9 Å². The second kappa shape index (κ2) is 4.05. The quantitative estimate of drug-likeness (QED) is 0.851. The van der Waals surface area contributed by atoms with Gasteiger partial charge in [-0.25, -0.2) is 0 Å². The van der Waals surface area contributed by atoms with Crippen molar-refractivity contribution < 1.29 is 4.52 Å². The predicted molar refractivity (Wildman–Crippen MR) is 64.2 cm³/mol. The van der Waals surface area contributed by atoms with Gasteiger partial charge < -0.3 is 4.52 Å². The van der Waals surface area contributed by atoms with Gasteiger partial charge in [0.25, 0.3) is 0 Å². The lowest BCUT2D eigenvalue weighted by Crippen LogP contribution is -2.13. The van der Waals surface area contributed by atoms with Crippen LogP contribution in [0.2, 0.25) is 0 Å². The molecule has 0 saturated carbocycles. The first-order chi connectivity index (χ1) is 7.47. The molecule has 0 radical (unpaired) electrons. The lowest BCUT2D eigenvalue weighted by atomic mass is 9.93. The maximum absolute atomic E-state index is 4.79. The first-order valence-electron chi connectivity index (χ1n) is 5.09. The zero-order valence-electron chi connectivity index (χ0n) is 9.57. The summed E-state index contributed by atoms with van der Waals surface area (Å²) in [6, 6.07) is 1.84. The largest absolute Gasteiger partial charge is 0.364 e. The Kier molecular flexibility index (Phi) is 2.88. The summed E-state index contributed by atoms with van der Waals surface area (Å²) in [6.07, 6.45) is 3.54. The van der Waals surface area contributed by atoms with Gasteiger partial charge in [-0.3, -0.25) is 4.68 Å². The van der Waals surface area contributed by atoms with Crippen molar-refractivity contribution in [3.63, 3.8) is 0 Å². The Hall–Kier alpha value is -1.10. The molecule has 0 aliphatic heterocycles. The molecule has 0 spiro atoms. The highest BCUT2D eigenvalue weighted by Crippen LogP contribution is 2.28. The maximum Gasteiger partial charge on any atom is 0.124 e. The van der Waals surface area contributed by atoms with Crippen molar-refractivity contribution in [3.8, 4) is 0 Å². The molecule has 0 amide bonds. The molecule has 0 N–H and O–H groups in total. The molecule has 2 aromatic rings. The lowest BCUT2D eigenvalue weighted by Gasteiger charge is -2.15. The smallest absolute Gasteiger partial charge is 0.124 e. The fourth-order valence-corrected chi connectivity index (χ4v) is 2.38. The summed E-state index contributed by atoms with van der Waals surface area (Å²) < 4.78 is 7.68. The third-order valence-electron chi connectivity index (χ3n) is 2.24. The van der Waals surface area contributed by atoms with Gasteiger partial charge >= 0.3 is 0 Å². The molecule has 0 aliphatic rings. The molecule has 2 heterocycles. The molecular formula is C11H14BrN3O. The Bertz CT molecular complexity index is 468. The van der Waals surface area contributed by atoms with Gasteiger partial charge in [0.15, 0.2) is 0 Å². The van der Waals surface area contributed by atoms with Crippen molar-refractivity contribution in [2.75, 3.05) is 0 Å². The van der Waals surface area contributed by atoms with Crippen LogP contribution in [0.3, 0.4) is 0 Å². The molecular weight excluding hydrogens is 270 g/mol. The summed E-state index contributed by atoms with van der Waals surface area (Å²) in [7, 11) is 0. The molecule has 0 aromatic carbocycles. The molecule has 0 fully saturated rings. The van der Waals surface area contributed by atoms with Gasteiger partial charge in [-0.05, 0) is 15.9 Å². The van der Waals surface area contributed by atoms with E-state index in [9.17, 15) is 0 Å². The highest BCUT2D eigenvalue weighted by Gasteiger charge is 2.21. The van der Waals surface area contributed by atoms with Crippen LogP contribution in [0.4, 0.5) is 0 Å². The van der Waals surface area contributed by atoms with Crippen LogP contribution in [-0.2, 0) is 12.0 Å². The number of hydrogen-bond acceptors (Lipinski definition) is 3. The van der Waals surface area contributed by atoms with Crippen LogP contribution in [0.5, 0.6) is 0 Å². The average Bonchev–Trinajstić information content (AvgIpc) is 2.74. The number of rotatable bonds is 2. The monoisotopic (exact) mass is 283 g/mol. The Morgan fingerprint density at radius 2 is 2.19 bits per heavy atom. The molecule has 0 unspecified atom stereocenters. The van der Waals surface area contributed by atoms with Gasteiger partial charge in [0.1, 0.15) is 12.0 Å². The van der Waals surface area contributed by atoms with Crippen LogP contribution in [0.15, 0.2) is 27.5 Å². The first kappa shape index (κ1) is 11.4. The van der Waals surface area contributed by atoms with Crippen LogP contribution < -0.4 is 0 Å². The van der Waals surface area contributed by atoms with E-state index in [1.165, 1.54) is 0 Å². The third kappa shape index (κ3) is 2.35. The van der Waals surface area contributed by atoms with Crippen molar-refractivity contribution >= 4 is 15.9 Å². The topological polar surface area (TPSA) is 43.9 Å². The highest BCUT2D eigenvalue weighted by atomic mass is 79.9. The maximum atomic E-state index is 4.79. The molecule has 0 bridgehead atoms. The van der Waals surface area contributed by atoms with Gasteiger partial charge in [-0.15, -0.1) is 0 Å². The van der Waals surface area contributed by atoms with Crippen molar-refractivity contribution in [2.45, 2.75) is 32.7 Å². The molecule has 86 valence electrons. The van der Waals surface area contributed by atoms with Gasteiger partial charge in [-0.1, -0.05) is 25.9 Å². The Morgan fingerprint density at radius 3 is 2.69 bits per heavy atom. The van der Waals surface area contributed by atoms with E-state index in [1.807, 2.05) is 16.9 Å². The van der Waals surface area contributed by atoms with E-state index in [0.29, 0.717) is 6.54 Å². The number of aromatic nitrogens is 3. The fraction of sp³-hybridized carbons (Fsp3) is 0.455. The second-order valence-electron chi connectivity index (χ2n) is 4.76. The van der Waals surface area contributed by atoms with E-state index < -0.39 is 0 Å². The van der Waals surface area contributed by atoms with Crippen molar-refractivity contribution in [3.05, 3.63) is 34.4 Å². The van der Waals surface area contributed by atoms with Crippen LogP contribution in [0.1, 0.15) is 32.2 Å². The number of hydrogen-bond donors (Lipinski definition) is 0. The second-order valence-corrected chi connectivity index (χ2v) is 5.62. The summed E-state index contributed by atoms with van der Waals surface area (Å²) in [5.41, 5.74) is 1.96. The molecule has 0 atom stereocenters. The number of nitrogens with zero attached hydrogens (tertiary/aromatic N) is 3. The van der Waals surface area contributed by atoms with E-state index in [2.05, 4.69) is 47.0 Å². The minimum Gasteiger partial charge on any atom is -0.364 e. The summed E-state index contributed by atoms with van der Waals surface area (Å²) in [4.78, 5) is 0. The van der Waals surface area contributed by atoms with Crippen LogP contribution in [0.25, 0.3) is 0 Å². The van der Waals surface area contributed by atoms with Crippen LogP contribution in [0, 0.1) is 0 Å². The van der Waals surface area contributed by atoms with E-state index in [4.69, 9.17) is 4.52 Å². The van der Waals surface area contributed by atoms with Crippen LogP contribution >= 0.6 is 15.9 Å². The molecule has 0 saturated heterocycles. The van der Waals surface area contributed by atoms with E-state index in [0.717, 1.165) is 15.9 Å². The molecule has 5 heteroatoms. The van der Waals surface area contributed by atoms with E-state index in [-0.39, 0.29) is 5.41 Å². The molecule has 4 nitrogen and oxygen atoms in total. The summed E-state index contributed by atoms with van der Waals surface area (Å²) in [5.74, 6) is 0. The summed E-state index contributed by atoms with van der Waals surface area (Å²) in [5, 5.41) is 8.41. The zero-order chi connectivity index (χ0) is 11.8. The average molecular weight is 284 g/mol. The summed E-state index contributed by atoms with van der Waals surface area (Å²) >= 11 is 3.53. The van der Waals surface area contributed by atoms with Gasteiger partial charge in [-0.2, -0.15) is 5.10 Å². The van der Waals surface area contributed by atoms with Gasteiger partial charge in [0.05, 0.1) is 16.7 Å². The van der Waals surface area contributed by atoms with E-state index in [1.54, 1.807) is 6.26 Å². The Labute approximate surface area is 103 Å². The highest BCUT2D eigenvalue weighted by molar-refractivity contribution is 9.10. The van der Waals surface area contributed by atoms with Crippen molar-refractivity contribution in [1.29, 1.82) is 0 Å². The molecule has 2 aromatic heterocycles. The Balaban J connectivity index is 2.25. The molecule has 2 rings (SSSR count). The van der Waals surface area contributed by atoms with Gasteiger partial charge in [0, 0.05) is 17.7 Å².